The molecular weight excluding hydrogens is 420 g/mol. The van der Waals surface area contributed by atoms with Crippen LogP contribution >= 0.6 is 15.9 Å². The average Bonchev–Trinajstić information content (AvgIpc) is 2.97. The molecule has 1 aliphatic heterocycles. The van der Waals surface area contributed by atoms with Crippen LogP contribution in [0.2, 0.25) is 0 Å². The lowest BCUT2D eigenvalue weighted by Crippen LogP contribution is -2.08. The molecule has 0 aliphatic carbocycles. The number of allylic oxidation sites excluding steroid dienone is 1. The van der Waals surface area contributed by atoms with Gasteiger partial charge in [0, 0.05) is 10.5 Å². The molecule has 0 bridgehead atoms. The van der Waals surface area contributed by atoms with Crippen LogP contribution in [0.15, 0.2) is 77.0 Å². The number of benzene rings is 3. The summed E-state index contributed by atoms with van der Waals surface area (Å²) >= 11 is 3.33. The van der Waals surface area contributed by atoms with E-state index < -0.39 is 5.97 Å². The van der Waals surface area contributed by atoms with E-state index in [-0.39, 0.29) is 11.5 Å². The maximum atomic E-state index is 12.6. The Hall–Kier alpha value is -3.18. The number of aryl methyl sites for hydroxylation is 1. The van der Waals surface area contributed by atoms with E-state index in [0.29, 0.717) is 22.6 Å². The fraction of sp³-hybridized carbons (Fsp3) is 0.0435. The summed E-state index contributed by atoms with van der Waals surface area (Å²) in [5.74, 6) is 0.271. The molecule has 138 valence electrons. The second-order valence-electron chi connectivity index (χ2n) is 6.41. The number of rotatable bonds is 3. The van der Waals surface area contributed by atoms with E-state index in [9.17, 15) is 9.59 Å². The molecule has 1 heterocycles. The van der Waals surface area contributed by atoms with Gasteiger partial charge in [-0.3, -0.25) is 4.79 Å². The summed E-state index contributed by atoms with van der Waals surface area (Å²) in [7, 11) is 0. The summed E-state index contributed by atoms with van der Waals surface area (Å²) in [5.41, 5.74) is 2.86. The van der Waals surface area contributed by atoms with Gasteiger partial charge in [-0.05, 0) is 55.0 Å². The molecule has 0 saturated heterocycles. The quantitative estimate of drug-likeness (QED) is 0.306. The number of fused-ring (bicyclic) bond motifs is 1. The molecule has 0 unspecified atom stereocenters. The first-order valence-electron chi connectivity index (χ1n) is 8.62. The molecule has 0 aromatic heterocycles. The van der Waals surface area contributed by atoms with Gasteiger partial charge < -0.3 is 9.47 Å². The fourth-order valence-corrected chi connectivity index (χ4v) is 3.16. The van der Waals surface area contributed by atoms with Crippen molar-refractivity contribution in [1.82, 2.24) is 0 Å². The second-order valence-corrected chi connectivity index (χ2v) is 7.32. The van der Waals surface area contributed by atoms with Crippen molar-refractivity contribution in [3.8, 4) is 11.5 Å². The lowest BCUT2D eigenvalue weighted by Gasteiger charge is -2.06. The molecule has 0 radical (unpaired) electrons. The first kappa shape index (κ1) is 18.2. The van der Waals surface area contributed by atoms with Crippen LogP contribution in [-0.4, -0.2) is 11.8 Å². The molecule has 4 nitrogen and oxygen atoms in total. The van der Waals surface area contributed by atoms with E-state index in [0.717, 1.165) is 15.6 Å². The molecule has 5 heteroatoms. The Morgan fingerprint density at radius 3 is 2.57 bits per heavy atom. The highest BCUT2D eigenvalue weighted by Crippen LogP contribution is 2.35. The number of ketones is 1. The van der Waals surface area contributed by atoms with Crippen molar-refractivity contribution in [3.63, 3.8) is 0 Å². The van der Waals surface area contributed by atoms with Crippen LogP contribution in [-0.2, 0) is 0 Å². The highest BCUT2D eigenvalue weighted by Gasteiger charge is 2.28. The van der Waals surface area contributed by atoms with Crippen molar-refractivity contribution >= 4 is 33.8 Å². The van der Waals surface area contributed by atoms with Crippen LogP contribution in [0.4, 0.5) is 0 Å². The lowest BCUT2D eigenvalue weighted by molar-refractivity contribution is 0.0734. The first-order chi connectivity index (χ1) is 13.5. The van der Waals surface area contributed by atoms with Crippen molar-refractivity contribution in [2.45, 2.75) is 6.92 Å². The van der Waals surface area contributed by atoms with Crippen LogP contribution in [0.25, 0.3) is 6.08 Å². The summed E-state index contributed by atoms with van der Waals surface area (Å²) in [4.78, 5) is 24.8. The number of carbonyl (C=O) groups is 2. The number of hydrogen-bond acceptors (Lipinski definition) is 4. The Bertz CT molecular complexity index is 1110. The summed E-state index contributed by atoms with van der Waals surface area (Å²) < 4.78 is 12.0. The molecule has 0 amide bonds. The molecule has 0 fully saturated rings. The molecule has 4 rings (SSSR count). The van der Waals surface area contributed by atoms with Gasteiger partial charge in [-0.25, -0.2) is 4.79 Å². The maximum Gasteiger partial charge on any atom is 0.343 e. The van der Waals surface area contributed by atoms with Crippen LogP contribution < -0.4 is 9.47 Å². The van der Waals surface area contributed by atoms with Gasteiger partial charge in [-0.15, -0.1) is 0 Å². The number of ether oxygens (including phenoxy) is 2. The molecule has 0 spiro atoms. The van der Waals surface area contributed by atoms with Gasteiger partial charge in [-0.2, -0.15) is 0 Å². The minimum atomic E-state index is -0.479. The number of hydrogen-bond donors (Lipinski definition) is 0. The van der Waals surface area contributed by atoms with Crippen molar-refractivity contribution in [3.05, 3.63) is 99.2 Å². The van der Waals surface area contributed by atoms with Crippen LogP contribution in [0.3, 0.4) is 0 Å². The Morgan fingerprint density at radius 2 is 1.82 bits per heavy atom. The topological polar surface area (TPSA) is 52.6 Å². The predicted octanol–water partition coefficient (Wildman–Crippen LogP) is 5.59. The van der Waals surface area contributed by atoms with Crippen molar-refractivity contribution in [2.75, 3.05) is 0 Å². The summed E-state index contributed by atoms with van der Waals surface area (Å²) in [5, 5.41) is 0. The minimum Gasteiger partial charge on any atom is -0.452 e. The third-order valence-corrected chi connectivity index (χ3v) is 4.80. The highest BCUT2D eigenvalue weighted by atomic mass is 79.9. The third-order valence-electron chi connectivity index (χ3n) is 4.27. The molecule has 0 N–H and O–H groups in total. The number of esters is 1. The Morgan fingerprint density at radius 1 is 1.04 bits per heavy atom. The Balaban J connectivity index is 1.55. The van der Waals surface area contributed by atoms with E-state index in [2.05, 4.69) is 15.9 Å². The SMILES string of the molecule is Cc1cccc(/C=C2\Oc3cc(OC(=O)c4ccc(Br)cc4)ccc3C2=O)c1. The zero-order valence-electron chi connectivity index (χ0n) is 14.9. The maximum absolute atomic E-state index is 12.6. The van der Waals surface area contributed by atoms with Crippen LogP contribution in [0.1, 0.15) is 31.8 Å². The largest absolute Gasteiger partial charge is 0.452 e. The normalized spacial score (nSPS) is 13.9. The van der Waals surface area contributed by atoms with Gasteiger partial charge in [0.1, 0.15) is 11.5 Å². The summed E-state index contributed by atoms with van der Waals surface area (Å²) in [6.45, 7) is 1.99. The van der Waals surface area contributed by atoms with E-state index in [1.807, 2.05) is 31.2 Å². The van der Waals surface area contributed by atoms with Crippen molar-refractivity contribution < 1.29 is 19.1 Å². The van der Waals surface area contributed by atoms with Gasteiger partial charge in [0.25, 0.3) is 0 Å². The standard InChI is InChI=1S/C23H15BrO4/c1-14-3-2-4-15(11-14)12-21-22(25)19-10-9-18(13-20(19)28-21)27-23(26)16-5-7-17(24)8-6-16/h2-13H,1H3/b21-12-. The van der Waals surface area contributed by atoms with Gasteiger partial charge >= 0.3 is 5.97 Å². The van der Waals surface area contributed by atoms with Crippen molar-refractivity contribution in [2.24, 2.45) is 0 Å². The predicted molar refractivity (Wildman–Crippen MR) is 110 cm³/mol. The molecular formula is C23H15BrO4. The number of carbonyl (C=O) groups excluding carboxylic acids is 2. The van der Waals surface area contributed by atoms with Crippen LogP contribution in [0.5, 0.6) is 11.5 Å². The molecule has 3 aromatic carbocycles. The molecule has 0 atom stereocenters. The van der Waals surface area contributed by atoms with E-state index in [1.165, 1.54) is 0 Å². The molecule has 1 aliphatic rings. The minimum absolute atomic E-state index is 0.192. The zero-order chi connectivity index (χ0) is 19.7. The summed E-state index contributed by atoms with van der Waals surface area (Å²) in [6, 6.07) is 19.4. The average molecular weight is 435 g/mol. The smallest absolute Gasteiger partial charge is 0.343 e. The fourth-order valence-electron chi connectivity index (χ4n) is 2.89. The van der Waals surface area contributed by atoms with E-state index in [4.69, 9.17) is 9.47 Å². The Kier molecular flexibility index (Phi) is 4.84. The Labute approximate surface area is 170 Å². The van der Waals surface area contributed by atoms with Gasteiger partial charge in [0.15, 0.2) is 5.76 Å². The van der Waals surface area contributed by atoms with E-state index >= 15 is 0 Å². The highest BCUT2D eigenvalue weighted by molar-refractivity contribution is 9.10. The lowest BCUT2D eigenvalue weighted by atomic mass is 10.1. The monoisotopic (exact) mass is 434 g/mol. The van der Waals surface area contributed by atoms with Gasteiger partial charge in [0.05, 0.1) is 11.1 Å². The molecule has 3 aromatic rings. The van der Waals surface area contributed by atoms with Crippen molar-refractivity contribution in [1.29, 1.82) is 0 Å². The third kappa shape index (κ3) is 3.75. The van der Waals surface area contributed by atoms with E-state index in [1.54, 1.807) is 48.5 Å². The number of halogens is 1. The van der Waals surface area contributed by atoms with Crippen LogP contribution in [0, 0.1) is 6.92 Å². The first-order valence-corrected chi connectivity index (χ1v) is 9.41. The number of Topliss-reactive ketones (excluding diaryl/α,β-unsaturated/α-hetero) is 1. The second kappa shape index (κ2) is 7.44. The summed E-state index contributed by atoms with van der Waals surface area (Å²) in [6.07, 6.45) is 1.71. The van der Waals surface area contributed by atoms with Gasteiger partial charge in [0.2, 0.25) is 5.78 Å². The molecule has 28 heavy (non-hydrogen) atoms. The zero-order valence-corrected chi connectivity index (χ0v) is 16.5. The van der Waals surface area contributed by atoms with Gasteiger partial charge in [-0.1, -0.05) is 45.8 Å². The molecule has 0 saturated carbocycles.